The highest BCUT2D eigenvalue weighted by Gasteiger charge is 2.32. The summed E-state index contributed by atoms with van der Waals surface area (Å²) in [5.41, 5.74) is 0.870. The van der Waals surface area contributed by atoms with Crippen molar-refractivity contribution in [3.05, 3.63) is 34.4 Å². The molecule has 1 aromatic rings. The number of hydrogen-bond acceptors (Lipinski definition) is 3. The summed E-state index contributed by atoms with van der Waals surface area (Å²) in [4.78, 5) is 10.8. The van der Waals surface area contributed by atoms with Gasteiger partial charge in [-0.2, -0.15) is 0 Å². The minimum atomic E-state index is -0.297. The molecule has 1 aromatic carbocycles. The van der Waals surface area contributed by atoms with Crippen molar-refractivity contribution in [1.82, 2.24) is 0 Å². The van der Waals surface area contributed by atoms with E-state index in [1.165, 1.54) is 38.5 Å². The molecule has 2 fully saturated rings. The van der Waals surface area contributed by atoms with Crippen molar-refractivity contribution in [3.8, 4) is 0 Å². The second-order valence-electron chi connectivity index (χ2n) is 6.23. The van der Waals surface area contributed by atoms with Gasteiger partial charge in [-0.25, -0.2) is 0 Å². The summed E-state index contributed by atoms with van der Waals surface area (Å²) in [6, 6.07) is 7.39. The number of nitro benzene ring substituents is 1. The molecule has 1 N–H and O–H groups in total. The first-order valence-electron chi connectivity index (χ1n) is 7.74. The highest BCUT2D eigenvalue weighted by Crippen LogP contribution is 2.41. The van der Waals surface area contributed by atoms with Gasteiger partial charge in [0, 0.05) is 12.1 Å². The van der Waals surface area contributed by atoms with Crippen molar-refractivity contribution in [2.24, 2.45) is 11.8 Å². The van der Waals surface area contributed by atoms with E-state index in [2.05, 4.69) is 5.32 Å². The Morgan fingerprint density at radius 1 is 1.05 bits per heavy atom. The highest BCUT2D eigenvalue weighted by atomic mass is 16.6. The third kappa shape index (κ3) is 2.79. The third-order valence-electron chi connectivity index (χ3n) is 5.00. The lowest BCUT2D eigenvalue weighted by molar-refractivity contribution is -0.384. The average Bonchev–Trinajstić information content (AvgIpc) is 2.47. The maximum absolute atomic E-state index is 11.1. The van der Waals surface area contributed by atoms with Gasteiger partial charge in [0.05, 0.1) is 4.92 Å². The van der Waals surface area contributed by atoms with Gasteiger partial charge >= 0.3 is 0 Å². The molecule has 20 heavy (non-hydrogen) atoms. The third-order valence-corrected chi connectivity index (χ3v) is 5.00. The first kappa shape index (κ1) is 13.4. The van der Waals surface area contributed by atoms with E-state index in [1.54, 1.807) is 12.1 Å². The number of nitrogens with one attached hydrogen (secondary N) is 1. The Morgan fingerprint density at radius 2 is 1.80 bits per heavy atom. The molecule has 2 aliphatic carbocycles. The second-order valence-corrected chi connectivity index (χ2v) is 6.23. The zero-order valence-corrected chi connectivity index (χ0v) is 11.8. The summed E-state index contributed by atoms with van der Waals surface area (Å²) in [5.74, 6) is 1.74. The van der Waals surface area contributed by atoms with Gasteiger partial charge in [-0.1, -0.05) is 37.8 Å². The summed E-state index contributed by atoms with van der Waals surface area (Å²) >= 11 is 0. The summed E-state index contributed by atoms with van der Waals surface area (Å²) in [6.45, 7) is 0. The van der Waals surface area contributed by atoms with Gasteiger partial charge in [0.25, 0.3) is 5.69 Å². The van der Waals surface area contributed by atoms with E-state index < -0.39 is 0 Å². The number of rotatable bonds is 3. The van der Waals surface area contributed by atoms with Crippen molar-refractivity contribution in [3.63, 3.8) is 0 Å². The minimum absolute atomic E-state index is 0.193. The molecule has 3 rings (SSSR count). The Kier molecular flexibility index (Phi) is 3.90. The lowest BCUT2D eigenvalue weighted by Crippen LogP contribution is -2.34. The summed E-state index contributed by atoms with van der Waals surface area (Å²) in [7, 11) is 0. The molecule has 4 nitrogen and oxygen atoms in total. The van der Waals surface area contributed by atoms with Crippen molar-refractivity contribution in [2.45, 2.75) is 51.0 Å². The Hall–Kier alpha value is -1.58. The van der Waals surface area contributed by atoms with E-state index in [-0.39, 0.29) is 10.6 Å². The number of nitrogens with zero attached hydrogens (tertiary/aromatic N) is 1. The van der Waals surface area contributed by atoms with Crippen LogP contribution < -0.4 is 5.32 Å². The zero-order chi connectivity index (χ0) is 13.9. The monoisotopic (exact) mass is 274 g/mol. The molecule has 0 aliphatic heterocycles. The summed E-state index contributed by atoms with van der Waals surface area (Å²) < 4.78 is 0. The van der Waals surface area contributed by atoms with Crippen LogP contribution >= 0.6 is 0 Å². The van der Waals surface area contributed by atoms with Crippen LogP contribution in [0.15, 0.2) is 24.3 Å². The molecule has 0 spiro atoms. The lowest BCUT2D eigenvalue weighted by Gasteiger charge is -2.39. The maximum Gasteiger partial charge on any atom is 0.292 e. The van der Waals surface area contributed by atoms with Gasteiger partial charge in [0.15, 0.2) is 0 Å². The topological polar surface area (TPSA) is 55.2 Å². The zero-order valence-electron chi connectivity index (χ0n) is 11.8. The van der Waals surface area contributed by atoms with Crippen LogP contribution in [0.25, 0.3) is 0 Å². The predicted octanol–water partition coefficient (Wildman–Crippen LogP) is 4.37. The van der Waals surface area contributed by atoms with E-state index in [4.69, 9.17) is 0 Å². The van der Waals surface area contributed by atoms with Crippen LogP contribution in [0.4, 0.5) is 11.4 Å². The lowest BCUT2D eigenvalue weighted by atomic mass is 9.69. The Balaban J connectivity index is 1.68. The Bertz CT molecular complexity index is 489. The molecule has 4 heteroatoms. The molecule has 2 saturated carbocycles. The molecule has 0 heterocycles. The summed E-state index contributed by atoms with van der Waals surface area (Å²) in [6.07, 6.45) is 9.10. The molecule has 3 atom stereocenters. The number of benzene rings is 1. The van der Waals surface area contributed by atoms with Crippen molar-refractivity contribution < 1.29 is 4.92 Å². The Labute approximate surface area is 119 Å². The fourth-order valence-electron chi connectivity index (χ4n) is 3.98. The number of para-hydroxylation sites is 2. The number of fused-ring (bicyclic) bond motifs is 1. The minimum Gasteiger partial charge on any atom is -0.377 e. The van der Waals surface area contributed by atoms with Gasteiger partial charge in [-0.3, -0.25) is 10.1 Å². The van der Waals surface area contributed by atoms with E-state index in [0.29, 0.717) is 11.7 Å². The molecule has 2 aliphatic rings. The van der Waals surface area contributed by atoms with Crippen LogP contribution in [0, 0.1) is 22.0 Å². The van der Waals surface area contributed by atoms with Crippen molar-refractivity contribution in [1.29, 1.82) is 0 Å². The number of hydrogen-bond donors (Lipinski definition) is 1. The van der Waals surface area contributed by atoms with Crippen LogP contribution in [0.2, 0.25) is 0 Å². The molecule has 0 radical (unpaired) electrons. The second kappa shape index (κ2) is 5.81. The van der Waals surface area contributed by atoms with Crippen LogP contribution in [-0.2, 0) is 0 Å². The molecule has 0 aromatic heterocycles. The van der Waals surface area contributed by atoms with Crippen molar-refractivity contribution >= 4 is 11.4 Å². The molecular weight excluding hydrogens is 252 g/mol. The fraction of sp³-hybridized carbons (Fsp3) is 0.625. The van der Waals surface area contributed by atoms with Crippen LogP contribution in [-0.4, -0.2) is 11.0 Å². The highest BCUT2D eigenvalue weighted by molar-refractivity contribution is 5.61. The van der Waals surface area contributed by atoms with Gasteiger partial charge in [0.1, 0.15) is 5.69 Å². The molecule has 3 unspecified atom stereocenters. The maximum atomic E-state index is 11.1. The quantitative estimate of drug-likeness (QED) is 0.658. The van der Waals surface area contributed by atoms with Gasteiger partial charge in [0.2, 0.25) is 0 Å². The van der Waals surface area contributed by atoms with Crippen LogP contribution in [0.1, 0.15) is 44.9 Å². The molecule has 108 valence electrons. The Morgan fingerprint density at radius 3 is 2.60 bits per heavy atom. The molecular formula is C16H22N2O2. The first-order chi connectivity index (χ1) is 9.74. The largest absolute Gasteiger partial charge is 0.377 e. The normalized spacial score (nSPS) is 29.5. The van der Waals surface area contributed by atoms with Crippen LogP contribution in [0.3, 0.4) is 0 Å². The standard InChI is InChI=1S/C16H22N2O2/c19-18(20)16-8-4-3-7-15(16)17-14-10-9-12-5-1-2-6-13(12)11-14/h3-4,7-8,12-14,17H,1-2,5-6,9-11H2. The van der Waals surface area contributed by atoms with Gasteiger partial charge < -0.3 is 5.32 Å². The smallest absolute Gasteiger partial charge is 0.292 e. The van der Waals surface area contributed by atoms with Gasteiger partial charge in [-0.15, -0.1) is 0 Å². The first-order valence-corrected chi connectivity index (χ1v) is 7.74. The molecule has 0 saturated heterocycles. The fourth-order valence-corrected chi connectivity index (χ4v) is 3.98. The van der Waals surface area contributed by atoms with E-state index >= 15 is 0 Å². The van der Waals surface area contributed by atoms with E-state index in [0.717, 1.165) is 18.3 Å². The summed E-state index contributed by atoms with van der Waals surface area (Å²) in [5, 5.41) is 14.5. The predicted molar refractivity (Wildman–Crippen MR) is 79.8 cm³/mol. The van der Waals surface area contributed by atoms with Crippen LogP contribution in [0.5, 0.6) is 0 Å². The van der Waals surface area contributed by atoms with E-state index in [9.17, 15) is 10.1 Å². The van der Waals surface area contributed by atoms with Crippen molar-refractivity contribution in [2.75, 3.05) is 5.32 Å². The number of anilines is 1. The molecule has 0 amide bonds. The average molecular weight is 274 g/mol. The van der Waals surface area contributed by atoms with E-state index in [1.807, 2.05) is 12.1 Å². The molecule has 0 bridgehead atoms. The van der Waals surface area contributed by atoms with Gasteiger partial charge in [-0.05, 0) is 37.2 Å². The number of nitro groups is 1. The SMILES string of the molecule is O=[N+]([O-])c1ccccc1NC1CCC2CCCCC2C1.